The van der Waals surface area contributed by atoms with Gasteiger partial charge in [0.1, 0.15) is 13.6 Å². The lowest BCUT2D eigenvalue weighted by atomic mass is 9.91. The molecule has 0 amide bonds. The number of benzene rings is 1. The van der Waals surface area contributed by atoms with Gasteiger partial charge < -0.3 is 5.11 Å². The Morgan fingerprint density at radius 2 is 2.10 bits per heavy atom. The van der Waals surface area contributed by atoms with Gasteiger partial charge in [0.05, 0.1) is 5.02 Å². The van der Waals surface area contributed by atoms with Crippen LogP contribution in [-0.4, -0.2) is 13.0 Å². The van der Waals surface area contributed by atoms with Crippen LogP contribution in [0.5, 0.6) is 5.75 Å². The van der Waals surface area contributed by atoms with Gasteiger partial charge in [-0.15, -0.1) is 0 Å². The van der Waals surface area contributed by atoms with E-state index in [-0.39, 0.29) is 5.75 Å². The van der Waals surface area contributed by atoms with Crippen LogP contribution < -0.4 is 5.46 Å². The summed E-state index contributed by atoms with van der Waals surface area (Å²) in [7, 11) is 5.49. The van der Waals surface area contributed by atoms with Crippen molar-refractivity contribution in [1.29, 1.82) is 0 Å². The van der Waals surface area contributed by atoms with Crippen LogP contribution in [0.1, 0.15) is 5.56 Å². The third-order valence-electron chi connectivity index (χ3n) is 1.41. The molecule has 0 bridgehead atoms. The van der Waals surface area contributed by atoms with Crippen LogP contribution >= 0.6 is 11.6 Å². The average molecular weight is 152 g/mol. The Balaban J connectivity index is 3.34. The van der Waals surface area contributed by atoms with E-state index < -0.39 is 0 Å². The number of hydrogen-bond acceptors (Lipinski definition) is 1. The Kier molecular flexibility index (Phi) is 1.91. The Labute approximate surface area is 66.0 Å². The van der Waals surface area contributed by atoms with Crippen molar-refractivity contribution in [1.82, 2.24) is 0 Å². The number of aromatic hydroxyl groups is 1. The van der Waals surface area contributed by atoms with Crippen LogP contribution in [0, 0.1) is 6.92 Å². The molecule has 0 aliphatic carbocycles. The zero-order chi connectivity index (χ0) is 7.72. The molecule has 0 aliphatic rings. The molecule has 2 radical (unpaired) electrons. The van der Waals surface area contributed by atoms with Crippen LogP contribution in [-0.2, 0) is 0 Å². The van der Waals surface area contributed by atoms with Crippen molar-refractivity contribution in [2.45, 2.75) is 6.92 Å². The topological polar surface area (TPSA) is 20.2 Å². The van der Waals surface area contributed by atoms with E-state index in [0.717, 1.165) is 5.56 Å². The zero-order valence-corrected chi connectivity index (χ0v) is 6.31. The predicted molar refractivity (Wildman–Crippen MR) is 43.2 cm³/mol. The van der Waals surface area contributed by atoms with Crippen LogP contribution in [0.3, 0.4) is 0 Å². The van der Waals surface area contributed by atoms with Crippen LogP contribution in [0.4, 0.5) is 0 Å². The van der Waals surface area contributed by atoms with Gasteiger partial charge in [0.2, 0.25) is 0 Å². The zero-order valence-electron chi connectivity index (χ0n) is 5.56. The Hall–Kier alpha value is -0.625. The molecule has 0 aromatic heterocycles. The smallest absolute Gasteiger partial charge is 0.134 e. The van der Waals surface area contributed by atoms with E-state index in [0.29, 0.717) is 10.5 Å². The second-order valence-electron chi connectivity index (χ2n) is 2.11. The van der Waals surface area contributed by atoms with Crippen molar-refractivity contribution in [3.63, 3.8) is 0 Å². The van der Waals surface area contributed by atoms with Gasteiger partial charge in [0.25, 0.3) is 0 Å². The normalized spacial score (nSPS) is 9.80. The minimum absolute atomic E-state index is 0.0772. The molecule has 1 rings (SSSR count). The highest BCUT2D eigenvalue weighted by molar-refractivity contribution is 6.38. The minimum Gasteiger partial charge on any atom is -0.506 e. The predicted octanol–water partition coefficient (Wildman–Crippen LogP) is 1.15. The summed E-state index contributed by atoms with van der Waals surface area (Å²) >= 11 is 5.65. The molecule has 50 valence electrons. The molecule has 0 aliphatic heterocycles. The van der Waals surface area contributed by atoms with Gasteiger partial charge in [0, 0.05) is 0 Å². The largest absolute Gasteiger partial charge is 0.506 e. The highest BCUT2D eigenvalue weighted by Gasteiger charge is 2.01. The first kappa shape index (κ1) is 7.48. The first-order valence-electron chi connectivity index (χ1n) is 2.86. The van der Waals surface area contributed by atoms with Crippen LogP contribution in [0.2, 0.25) is 5.02 Å². The first-order valence-corrected chi connectivity index (χ1v) is 3.24. The maximum Gasteiger partial charge on any atom is 0.134 e. The van der Waals surface area contributed by atoms with Gasteiger partial charge in [-0.2, -0.15) is 0 Å². The summed E-state index contributed by atoms with van der Waals surface area (Å²) in [6.45, 7) is 1.76. The number of rotatable bonds is 0. The molecular formula is C7H6BClO. The third kappa shape index (κ3) is 1.12. The Morgan fingerprint density at radius 1 is 1.50 bits per heavy atom. The van der Waals surface area contributed by atoms with Crippen molar-refractivity contribution in [2.75, 3.05) is 0 Å². The van der Waals surface area contributed by atoms with E-state index in [2.05, 4.69) is 0 Å². The fourth-order valence-corrected chi connectivity index (χ4v) is 0.858. The van der Waals surface area contributed by atoms with Gasteiger partial charge >= 0.3 is 0 Å². The summed E-state index contributed by atoms with van der Waals surface area (Å²) in [5, 5.41) is 9.37. The molecule has 0 atom stereocenters. The maximum absolute atomic E-state index is 9.04. The summed E-state index contributed by atoms with van der Waals surface area (Å²) in [5.74, 6) is 0.0772. The molecule has 3 heteroatoms. The van der Waals surface area contributed by atoms with Crippen molar-refractivity contribution in [3.05, 3.63) is 22.7 Å². The molecule has 0 saturated carbocycles. The number of halogens is 1. The van der Waals surface area contributed by atoms with E-state index in [9.17, 15) is 0 Å². The SMILES string of the molecule is [B]c1ccc(O)c(Cl)c1C. The quantitative estimate of drug-likeness (QED) is 0.553. The molecule has 1 aromatic rings. The van der Waals surface area contributed by atoms with E-state index in [1.54, 1.807) is 13.0 Å². The first-order chi connectivity index (χ1) is 4.63. The van der Waals surface area contributed by atoms with Gasteiger partial charge in [-0.1, -0.05) is 23.1 Å². The second-order valence-corrected chi connectivity index (χ2v) is 2.49. The minimum atomic E-state index is 0.0772. The second kappa shape index (κ2) is 2.55. The molecule has 1 aromatic carbocycles. The summed E-state index contributed by atoms with van der Waals surface area (Å²) < 4.78 is 0. The molecule has 0 spiro atoms. The molecule has 0 saturated heterocycles. The highest BCUT2D eigenvalue weighted by Crippen LogP contribution is 2.23. The number of hydrogen-bond donors (Lipinski definition) is 1. The molecular weight excluding hydrogens is 146 g/mol. The number of phenolic OH excluding ortho intramolecular Hbond substituents is 1. The number of phenols is 1. The van der Waals surface area contributed by atoms with E-state index in [1.807, 2.05) is 0 Å². The van der Waals surface area contributed by atoms with Gasteiger partial charge in [0.15, 0.2) is 0 Å². The molecule has 1 N–H and O–H groups in total. The van der Waals surface area contributed by atoms with Gasteiger partial charge in [-0.05, 0) is 18.6 Å². The van der Waals surface area contributed by atoms with Crippen molar-refractivity contribution >= 4 is 24.9 Å². The van der Waals surface area contributed by atoms with Gasteiger partial charge in [-0.25, -0.2) is 0 Å². The third-order valence-corrected chi connectivity index (χ3v) is 1.88. The lowest BCUT2D eigenvalue weighted by Crippen LogP contribution is -2.06. The fraction of sp³-hybridized carbons (Fsp3) is 0.143. The molecule has 1 nitrogen and oxygen atoms in total. The molecule has 0 fully saturated rings. The lowest BCUT2D eigenvalue weighted by Gasteiger charge is -2.03. The summed E-state index contributed by atoms with van der Waals surface area (Å²) in [6, 6.07) is 3.10. The maximum atomic E-state index is 9.04. The van der Waals surface area contributed by atoms with Crippen LogP contribution in [0.15, 0.2) is 12.1 Å². The average Bonchev–Trinajstić information content (AvgIpc) is 1.93. The van der Waals surface area contributed by atoms with E-state index in [4.69, 9.17) is 24.6 Å². The lowest BCUT2D eigenvalue weighted by molar-refractivity contribution is 0.475. The van der Waals surface area contributed by atoms with Crippen molar-refractivity contribution in [3.8, 4) is 5.75 Å². The highest BCUT2D eigenvalue weighted by atomic mass is 35.5. The van der Waals surface area contributed by atoms with E-state index in [1.165, 1.54) is 6.07 Å². The van der Waals surface area contributed by atoms with Gasteiger partial charge in [-0.3, -0.25) is 0 Å². The Bertz CT molecular complexity index is 233. The molecule has 0 heterocycles. The summed E-state index contributed by atoms with van der Waals surface area (Å²) in [5.41, 5.74) is 1.32. The monoisotopic (exact) mass is 152 g/mol. The van der Waals surface area contributed by atoms with E-state index >= 15 is 0 Å². The summed E-state index contributed by atoms with van der Waals surface area (Å²) in [6.07, 6.45) is 0. The Morgan fingerprint density at radius 3 is 2.60 bits per heavy atom. The fourth-order valence-electron chi connectivity index (χ4n) is 0.686. The van der Waals surface area contributed by atoms with Crippen molar-refractivity contribution < 1.29 is 5.11 Å². The van der Waals surface area contributed by atoms with Crippen LogP contribution in [0.25, 0.3) is 0 Å². The standard InChI is InChI=1S/C7H6BClO/c1-4-5(8)2-3-6(10)7(4)9/h2-3,10H,1H3. The molecule has 0 unspecified atom stereocenters. The summed E-state index contributed by atoms with van der Waals surface area (Å²) in [4.78, 5) is 0. The molecule has 10 heavy (non-hydrogen) atoms. The van der Waals surface area contributed by atoms with Crippen molar-refractivity contribution in [2.24, 2.45) is 0 Å².